The van der Waals surface area contributed by atoms with E-state index in [2.05, 4.69) is 5.32 Å². The van der Waals surface area contributed by atoms with Gasteiger partial charge in [-0.1, -0.05) is 6.07 Å². The highest BCUT2D eigenvalue weighted by atomic mass is 32.2. The zero-order chi connectivity index (χ0) is 13.3. The number of benzene rings is 1. The molecule has 1 aromatic carbocycles. The molecule has 0 saturated heterocycles. The number of hydrogen-bond donors (Lipinski definition) is 2. The lowest BCUT2D eigenvalue weighted by molar-refractivity contribution is 0.560. The standard InChI is InChI=1S/C12H20N2O2S/c1-9-5-6-10(7-11(9)13)14-8-12(2,3)17(4,15)16/h5-7,14H,8,13H2,1-4H3. The second-order valence-electron chi connectivity index (χ2n) is 4.96. The second-order valence-corrected chi connectivity index (χ2v) is 7.61. The lowest BCUT2D eigenvalue weighted by Gasteiger charge is -2.23. The lowest BCUT2D eigenvalue weighted by Crippen LogP contribution is -2.38. The normalized spacial score (nSPS) is 12.5. The third-order valence-electron chi connectivity index (χ3n) is 3.00. The summed E-state index contributed by atoms with van der Waals surface area (Å²) in [7, 11) is -3.08. The summed E-state index contributed by atoms with van der Waals surface area (Å²) in [5.74, 6) is 0. The minimum absolute atomic E-state index is 0.355. The lowest BCUT2D eigenvalue weighted by atomic mass is 10.1. The molecule has 0 heterocycles. The minimum atomic E-state index is -3.08. The summed E-state index contributed by atoms with van der Waals surface area (Å²) in [6, 6.07) is 5.61. The Bertz CT molecular complexity index is 507. The third-order valence-corrected chi connectivity index (χ3v) is 5.15. The second kappa shape index (κ2) is 4.56. The van der Waals surface area contributed by atoms with Crippen LogP contribution in [0.4, 0.5) is 11.4 Å². The maximum atomic E-state index is 11.5. The predicted octanol–water partition coefficient (Wildman–Crippen LogP) is 1.81. The quantitative estimate of drug-likeness (QED) is 0.806. The van der Waals surface area contributed by atoms with E-state index in [1.807, 2.05) is 25.1 Å². The Morgan fingerprint density at radius 3 is 2.41 bits per heavy atom. The van der Waals surface area contributed by atoms with Crippen molar-refractivity contribution in [1.82, 2.24) is 0 Å². The fraction of sp³-hybridized carbons (Fsp3) is 0.500. The molecule has 0 spiro atoms. The van der Waals surface area contributed by atoms with Gasteiger partial charge in [0.05, 0.1) is 4.75 Å². The third kappa shape index (κ3) is 3.36. The van der Waals surface area contributed by atoms with Gasteiger partial charge in [0.1, 0.15) is 0 Å². The van der Waals surface area contributed by atoms with Crippen LogP contribution in [0.25, 0.3) is 0 Å². The van der Waals surface area contributed by atoms with Gasteiger partial charge in [0, 0.05) is 24.2 Å². The topological polar surface area (TPSA) is 72.2 Å². The first-order valence-electron chi connectivity index (χ1n) is 5.43. The first-order valence-corrected chi connectivity index (χ1v) is 7.32. The molecular formula is C12H20N2O2S. The minimum Gasteiger partial charge on any atom is -0.398 e. The molecule has 0 aliphatic heterocycles. The van der Waals surface area contributed by atoms with E-state index >= 15 is 0 Å². The van der Waals surface area contributed by atoms with Gasteiger partial charge < -0.3 is 11.1 Å². The van der Waals surface area contributed by atoms with Crippen LogP contribution in [0.5, 0.6) is 0 Å². The van der Waals surface area contributed by atoms with Crippen molar-refractivity contribution in [2.75, 3.05) is 23.9 Å². The summed E-state index contributed by atoms with van der Waals surface area (Å²) in [6.45, 7) is 5.69. The fourth-order valence-corrected chi connectivity index (χ4v) is 1.53. The molecule has 0 unspecified atom stereocenters. The van der Waals surface area contributed by atoms with Crippen LogP contribution in [0.1, 0.15) is 19.4 Å². The number of nitrogens with one attached hydrogen (secondary N) is 1. The highest BCUT2D eigenvalue weighted by molar-refractivity contribution is 7.92. The van der Waals surface area contributed by atoms with Gasteiger partial charge in [-0.2, -0.15) is 0 Å². The van der Waals surface area contributed by atoms with Gasteiger partial charge in [-0.05, 0) is 38.5 Å². The Morgan fingerprint density at radius 1 is 1.35 bits per heavy atom. The van der Waals surface area contributed by atoms with E-state index in [1.165, 1.54) is 6.26 Å². The van der Waals surface area contributed by atoms with Crippen LogP contribution in [-0.4, -0.2) is 26.0 Å². The van der Waals surface area contributed by atoms with Crippen LogP contribution >= 0.6 is 0 Å². The van der Waals surface area contributed by atoms with Crippen molar-refractivity contribution in [2.45, 2.75) is 25.5 Å². The molecule has 0 amide bonds. The Hall–Kier alpha value is -1.23. The van der Waals surface area contributed by atoms with E-state index in [4.69, 9.17) is 5.73 Å². The number of hydrogen-bond acceptors (Lipinski definition) is 4. The van der Waals surface area contributed by atoms with Crippen LogP contribution in [0.3, 0.4) is 0 Å². The maximum absolute atomic E-state index is 11.5. The van der Waals surface area contributed by atoms with Crippen LogP contribution in [0.15, 0.2) is 18.2 Å². The van der Waals surface area contributed by atoms with E-state index in [-0.39, 0.29) is 0 Å². The number of rotatable bonds is 4. The molecule has 5 heteroatoms. The molecule has 1 rings (SSSR count). The summed E-state index contributed by atoms with van der Waals surface area (Å²) >= 11 is 0. The van der Waals surface area contributed by atoms with Crippen molar-refractivity contribution in [2.24, 2.45) is 0 Å². The van der Waals surface area contributed by atoms with Crippen molar-refractivity contribution >= 4 is 21.2 Å². The van der Waals surface area contributed by atoms with Gasteiger partial charge in [0.25, 0.3) is 0 Å². The Balaban J connectivity index is 2.78. The van der Waals surface area contributed by atoms with E-state index in [9.17, 15) is 8.42 Å². The van der Waals surface area contributed by atoms with Gasteiger partial charge in [-0.25, -0.2) is 8.42 Å². The van der Waals surface area contributed by atoms with E-state index < -0.39 is 14.6 Å². The molecule has 0 aromatic heterocycles. The average Bonchev–Trinajstić information content (AvgIpc) is 2.18. The number of aryl methyl sites for hydroxylation is 1. The molecule has 0 fully saturated rings. The van der Waals surface area contributed by atoms with E-state index in [1.54, 1.807) is 13.8 Å². The van der Waals surface area contributed by atoms with Crippen molar-refractivity contribution in [1.29, 1.82) is 0 Å². The summed E-state index contributed by atoms with van der Waals surface area (Å²) in [4.78, 5) is 0. The Kier molecular flexibility index (Phi) is 3.71. The summed E-state index contributed by atoms with van der Waals surface area (Å²) < 4.78 is 22.3. The van der Waals surface area contributed by atoms with Gasteiger partial charge in [-0.3, -0.25) is 0 Å². The van der Waals surface area contributed by atoms with Crippen molar-refractivity contribution in [3.05, 3.63) is 23.8 Å². The highest BCUT2D eigenvalue weighted by Crippen LogP contribution is 2.20. The molecule has 1 aromatic rings. The highest BCUT2D eigenvalue weighted by Gasteiger charge is 2.29. The first kappa shape index (κ1) is 13.8. The fourth-order valence-electron chi connectivity index (χ4n) is 1.20. The molecular weight excluding hydrogens is 236 g/mol. The molecule has 0 aliphatic rings. The molecule has 3 N–H and O–H groups in total. The molecule has 4 nitrogen and oxygen atoms in total. The largest absolute Gasteiger partial charge is 0.398 e. The summed E-state index contributed by atoms with van der Waals surface area (Å²) in [5, 5.41) is 3.10. The molecule has 17 heavy (non-hydrogen) atoms. The Morgan fingerprint density at radius 2 is 1.94 bits per heavy atom. The summed E-state index contributed by atoms with van der Waals surface area (Å²) in [6.07, 6.45) is 1.25. The van der Waals surface area contributed by atoms with Gasteiger partial charge in [0.15, 0.2) is 9.84 Å². The van der Waals surface area contributed by atoms with Crippen molar-refractivity contribution < 1.29 is 8.42 Å². The molecule has 96 valence electrons. The molecule has 0 aliphatic carbocycles. The number of anilines is 2. The maximum Gasteiger partial charge on any atom is 0.154 e. The zero-order valence-corrected chi connectivity index (χ0v) is 11.6. The van der Waals surface area contributed by atoms with E-state index in [0.717, 1.165) is 11.3 Å². The number of nitrogen functional groups attached to an aromatic ring is 1. The van der Waals surface area contributed by atoms with Crippen molar-refractivity contribution in [3.8, 4) is 0 Å². The van der Waals surface area contributed by atoms with E-state index in [0.29, 0.717) is 12.2 Å². The number of sulfone groups is 1. The van der Waals surface area contributed by atoms with Crippen molar-refractivity contribution in [3.63, 3.8) is 0 Å². The van der Waals surface area contributed by atoms with Crippen LogP contribution in [-0.2, 0) is 9.84 Å². The van der Waals surface area contributed by atoms with Gasteiger partial charge >= 0.3 is 0 Å². The Labute approximate surface area is 103 Å². The van der Waals surface area contributed by atoms with Gasteiger partial charge in [-0.15, -0.1) is 0 Å². The molecule has 0 bridgehead atoms. The molecule has 0 radical (unpaired) electrons. The van der Waals surface area contributed by atoms with Gasteiger partial charge in [0.2, 0.25) is 0 Å². The molecule has 0 atom stereocenters. The zero-order valence-electron chi connectivity index (χ0n) is 10.7. The monoisotopic (exact) mass is 256 g/mol. The number of nitrogens with two attached hydrogens (primary N) is 1. The van der Waals surface area contributed by atoms with Crippen LogP contribution in [0.2, 0.25) is 0 Å². The smallest absolute Gasteiger partial charge is 0.154 e. The SMILES string of the molecule is Cc1ccc(NCC(C)(C)S(C)(=O)=O)cc1N. The molecule has 0 saturated carbocycles. The summed E-state index contributed by atoms with van der Waals surface area (Å²) in [5.41, 5.74) is 8.34. The van der Waals surface area contributed by atoms with Crippen LogP contribution < -0.4 is 11.1 Å². The van der Waals surface area contributed by atoms with Crippen LogP contribution in [0, 0.1) is 6.92 Å². The average molecular weight is 256 g/mol. The predicted molar refractivity (Wildman–Crippen MR) is 73.0 cm³/mol. The first-order chi connectivity index (χ1) is 7.63.